The van der Waals surface area contributed by atoms with Crippen molar-refractivity contribution in [2.75, 3.05) is 20.1 Å². The molecule has 0 radical (unpaired) electrons. The van der Waals surface area contributed by atoms with E-state index in [4.69, 9.17) is 4.52 Å². The number of aryl methyl sites for hydroxylation is 2. The molecule has 0 amide bonds. The van der Waals surface area contributed by atoms with Crippen LogP contribution in [-0.4, -0.2) is 45.1 Å². The summed E-state index contributed by atoms with van der Waals surface area (Å²) in [4.78, 5) is 16.2. The largest absolute Gasteiger partial charge is 0.334 e. The van der Waals surface area contributed by atoms with Gasteiger partial charge in [0.2, 0.25) is 0 Å². The van der Waals surface area contributed by atoms with Crippen LogP contribution in [0.4, 0.5) is 0 Å². The maximum Gasteiger partial charge on any atom is 0.257 e. The van der Waals surface area contributed by atoms with Gasteiger partial charge in [0.15, 0.2) is 5.82 Å². The predicted octanol–water partition coefficient (Wildman–Crippen LogP) is 3.18. The van der Waals surface area contributed by atoms with Crippen molar-refractivity contribution in [3.63, 3.8) is 0 Å². The number of likely N-dealkylation sites (tertiary alicyclic amines) is 1. The summed E-state index contributed by atoms with van der Waals surface area (Å²) >= 11 is 0. The predicted molar refractivity (Wildman–Crippen MR) is 96.2 cm³/mol. The molecular weight excluding hydrogens is 314 g/mol. The lowest BCUT2D eigenvalue weighted by atomic mass is 9.94. The summed E-state index contributed by atoms with van der Waals surface area (Å²) in [7, 11) is 2.18. The Morgan fingerprint density at radius 3 is 2.52 bits per heavy atom. The van der Waals surface area contributed by atoms with Gasteiger partial charge in [-0.2, -0.15) is 4.98 Å². The molecule has 0 bridgehead atoms. The van der Waals surface area contributed by atoms with Gasteiger partial charge in [-0.15, -0.1) is 0 Å². The summed E-state index contributed by atoms with van der Waals surface area (Å²) in [5.74, 6) is 2.01. The van der Waals surface area contributed by atoms with Crippen molar-refractivity contribution in [3.05, 3.63) is 35.4 Å². The van der Waals surface area contributed by atoms with E-state index in [0.29, 0.717) is 11.8 Å². The van der Waals surface area contributed by atoms with Crippen molar-refractivity contribution in [3.8, 4) is 11.5 Å². The van der Waals surface area contributed by atoms with Crippen LogP contribution in [0.25, 0.3) is 22.5 Å². The molecule has 6 heteroatoms. The molecule has 0 N–H and O–H groups in total. The van der Waals surface area contributed by atoms with Gasteiger partial charge in [0.05, 0.1) is 22.4 Å². The molecule has 0 spiro atoms. The minimum atomic E-state index is 0.560. The average Bonchev–Trinajstić information content (AvgIpc) is 3.06. The maximum atomic E-state index is 5.50. The average molecular weight is 337 g/mol. The number of hydrogen-bond donors (Lipinski definition) is 0. The molecule has 130 valence electrons. The molecule has 1 aromatic carbocycles. The Bertz CT molecular complexity index is 896. The normalized spacial score (nSPS) is 16.6. The molecule has 1 aliphatic rings. The molecule has 0 atom stereocenters. The van der Waals surface area contributed by atoms with E-state index in [2.05, 4.69) is 32.1 Å². The second-order valence-electron chi connectivity index (χ2n) is 7.06. The molecule has 4 rings (SSSR count). The number of nitrogens with zero attached hydrogens (tertiary/aromatic N) is 5. The smallest absolute Gasteiger partial charge is 0.257 e. The molecular formula is C19H23N5O. The fraction of sp³-hybridized carbons (Fsp3) is 0.474. The zero-order valence-corrected chi connectivity index (χ0v) is 15.0. The summed E-state index contributed by atoms with van der Waals surface area (Å²) in [6.45, 7) is 6.25. The van der Waals surface area contributed by atoms with E-state index >= 15 is 0 Å². The summed E-state index contributed by atoms with van der Waals surface area (Å²) < 4.78 is 5.50. The van der Waals surface area contributed by atoms with E-state index in [1.165, 1.54) is 12.8 Å². The molecule has 0 saturated carbocycles. The van der Waals surface area contributed by atoms with Crippen LogP contribution < -0.4 is 0 Å². The van der Waals surface area contributed by atoms with Gasteiger partial charge in [-0.1, -0.05) is 5.16 Å². The fourth-order valence-electron chi connectivity index (χ4n) is 3.34. The maximum absolute atomic E-state index is 5.50. The van der Waals surface area contributed by atoms with Crippen LogP contribution in [0.2, 0.25) is 0 Å². The lowest BCUT2D eigenvalue weighted by molar-refractivity contribution is 0.216. The molecule has 2 aromatic heterocycles. The van der Waals surface area contributed by atoms with Gasteiger partial charge in [0.1, 0.15) is 0 Å². The first-order chi connectivity index (χ1) is 12.1. The molecule has 3 heterocycles. The number of hydrogen-bond acceptors (Lipinski definition) is 6. The fourth-order valence-corrected chi connectivity index (χ4v) is 3.34. The van der Waals surface area contributed by atoms with Gasteiger partial charge in [-0.05, 0) is 70.9 Å². The van der Waals surface area contributed by atoms with Crippen LogP contribution in [0.1, 0.15) is 30.1 Å². The molecule has 1 fully saturated rings. The van der Waals surface area contributed by atoms with Crippen LogP contribution in [0.15, 0.2) is 22.7 Å². The van der Waals surface area contributed by atoms with Crippen LogP contribution in [0.5, 0.6) is 0 Å². The van der Waals surface area contributed by atoms with Gasteiger partial charge in [-0.3, -0.25) is 0 Å². The standard InChI is InChI=1S/C19H23N5O/c1-12-13(2)21-17-11-15(4-5-16(17)20-12)19-22-18(23-25-19)10-14-6-8-24(3)9-7-14/h4-5,11,14H,6-10H2,1-3H3. The summed E-state index contributed by atoms with van der Waals surface area (Å²) in [6.07, 6.45) is 3.29. The van der Waals surface area contributed by atoms with E-state index in [1.54, 1.807) is 0 Å². The first kappa shape index (κ1) is 16.1. The van der Waals surface area contributed by atoms with E-state index < -0.39 is 0 Å². The summed E-state index contributed by atoms with van der Waals surface area (Å²) in [6, 6.07) is 5.91. The Kier molecular flexibility index (Phi) is 4.21. The topological polar surface area (TPSA) is 67.9 Å². The monoisotopic (exact) mass is 337 g/mol. The minimum absolute atomic E-state index is 0.560. The van der Waals surface area contributed by atoms with Crippen LogP contribution in [0, 0.1) is 19.8 Å². The quantitative estimate of drug-likeness (QED) is 0.731. The van der Waals surface area contributed by atoms with E-state index in [-0.39, 0.29) is 0 Å². The molecule has 3 aromatic rings. The van der Waals surface area contributed by atoms with Crippen molar-refractivity contribution in [2.45, 2.75) is 33.1 Å². The number of fused-ring (bicyclic) bond motifs is 1. The van der Waals surface area contributed by atoms with Gasteiger partial charge >= 0.3 is 0 Å². The third-order valence-electron chi connectivity index (χ3n) is 5.10. The van der Waals surface area contributed by atoms with Crippen molar-refractivity contribution >= 4 is 11.0 Å². The second-order valence-corrected chi connectivity index (χ2v) is 7.06. The van der Waals surface area contributed by atoms with Crippen molar-refractivity contribution in [1.29, 1.82) is 0 Å². The van der Waals surface area contributed by atoms with Gasteiger partial charge in [-0.25, -0.2) is 9.97 Å². The molecule has 1 saturated heterocycles. The van der Waals surface area contributed by atoms with E-state index in [0.717, 1.165) is 53.3 Å². The van der Waals surface area contributed by atoms with Crippen LogP contribution in [0.3, 0.4) is 0 Å². The highest BCUT2D eigenvalue weighted by Gasteiger charge is 2.20. The third kappa shape index (κ3) is 3.39. The third-order valence-corrected chi connectivity index (χ3v) is 5.10. The number of rotatable bonds is 3. The highest BCUT2D eigenvalue weighted by Crippen LogP contribution is 2.24. The number of aromatic nitrogens is 4. The van der Waals surface area contributed by atoms with E-state index in [9.17, 15) is 0 Å². The number of benzene rings is 1. The second kappa shape index (κ2) is 6.52. The van der Waals surface area contributed by atoms with Gasteiger partial charge < -0.3 is 9.42 Å². The molecule has 0 unspecified atom stereocenters. The summed E-state index contributed by atoms with van der Waals surface area (Å²) in [5, 5.41) is 4.18. The van der Waals surface area contributed by atoms with Crippen molar-refractivity contribution in [1.82, 2.24) is 25.0 Å². The number of piperidine rings is 1. The van der Waals surface area contributed by atoms with Crippen molar-refractivity contribution < 1.29 is 4.52 Å². The lowest BCUT2D eigenvalue weighted by Crippen LogP contribution is -2.31. The van der Waals surface area contributed by atoms with Crippen LogP contribution >= 0.6 is 0 Å². The SMILES string of the molecule is Cc1nc2ccc(-c3nc(CC4CCN(C)CC4)no3)cc2nc1C. The van der Waals surface area contributed by atoms with Crippen LogP contribution in [-0.2, 0) is 6.42 Å². The Hall–Kier alpha value is -2.34. The Morgan fingerprint density at radius 1 is 1.04 bits per heavy atom. The molecule has 1 aliphatic heterocycles. The highest BCUT2D eigenvalue weighted by molar-refractivity contribution is 5.79. The van der Waals surface area contributed by atoms with Gasteiger partial charge in [0, 0.05) is 12.0 Å². The first-order valence-electron chi connectivity index (χ1n) is 8.85. The molecule has 25 heavy (non-hydrogen) atoms. The lowest BCUT2D eigenvalue weighted by Gasteiger charge is -2.27. The Balaban J connectivity index is 1.55. The van der Waals surface area contributed by atoms with Crippen molar-refractivity contribution in [2.24, 2.45) is 5.92 Å². The first-order valence-corrected chi connectivity index (χ1v) is 8.85. The Labute approximate surface area is 147 Å². The minimum Gasteiger partial charge on any atom is -0.334 e. The highest BCUT2D eigenvalue weighted by atomic mass is 16.5. The van der Waals surface area contributed by atoms with E-state index in [1.807, 2.05) is 32.0 Å². The Morgan fingerprint density at radius 2 is 1.76 bits per heavy atom. The molecule has 0 aliphatic carbocycles. The van der Waals surface area contributed by atoms with Gasteiger partial charge in [0.25, 0.3) is 5.89 Å². The zero-order valence-electron chi connectivity index (χ0n) is 15.0. The summed E-state index contributed by atoms with van der Waals surface area (Å²) in [5.41, 5.74) is 4.54. The zero-order chi connectivity index (χ0) is 17.4. The molecule has 6 nitrogen and oxygen atoms in total.